The first-order valence-corrected chi connectivity index (χ1v) is 9.52. The molecule has 0 aromatic carbocycles. The van der Waals surface area contributed by atoms with Crippen LogP contribution in [0, 0.1) is 0 Å². The van der Waals surface area contributed by atoms with Crippen molar-refractivity contribution < 1.29 is 18.3 Å². The molecule has 1 aromatic heterocycles. The average molecular weight is 332 g/mol. The molecule has 0 bridgehead atoms. The number of hydrogen-bond donors (Lipinski definition) is 2. The summed E-state index contributed by atoms with van der Waals surface area (Å²) in [5.41, 5.74) is -0.00934. The third-order valence-electron chi connectivity index (χ3n) is 3.52. The molecule has 1 aliphatic heterocycles. The molecule has 21 heavy (non-hydrogen) atoms. The SMILES string of the molecule is CCn1cc(S(=O)(=O)NCC2CCCCS2)cc1C(=O)O. The summed E-state index contributed by atoms with van der Waals surface area (Å²) in [5, 5.41) is 9.38. The molecule has 2 heterocycles. The Morgan fingerprint density at radius 3 is 2.81 bits per heavy atom. The van der Waals surface area contributed by atoms with Crippen LogP contribution in [0.1, 0.15) is 36.7 Å². The lowest BCUT2D eigenvalue weighted by atomic mass is 10.2. The van der Waals surface area contributed by atoms with Crippen LogP contribution in [0.4, 0.5) is 0 Å². The van der Waals surface area contributed by atoms with Crippen LogP contribution in [0.3, 0.4) is 0 Å². The topological polar surface area (TPSA) is 88.4 Å². The molecular weight excluding hydrogens is 312 g/mol. The van der Waals surface area contributed by atoms with Crippen molar-refractivity contribution in [2.45, 2.75) is 42.9 Å². The van der Waals surface area contributed by atoms with E-state index in [4.69, 9.17) is 5.11 Å². The monoisotopic (exact) mass is 332 g/mol. The second-order valence-electron chi connectivity index (χ2n) is 4.99. The van der Waals surface area contributed by atoms with E-state index in [0.717, 1.165) is 18.6 Å². The summed E-state index contributed by atoms with van der Waals surface area (Å²) < 4.78 is 28.5. The molecule has 0 aliphatic carbocycles. The second-order valence-corrected chi connectivity index (χ2v) is 8.17. The van der Waals surface area contributed by atoms with Crippen LogP contribution < -0.4 is 4.72 Å². The molecule has 1 atom stereocenters. The summed E-state index contributed by atoms with van der Waals surface area (Å²) in [6, 6.07) is 1.21. The number of sulfonamides is 1. The quantitative estimate of drug-likeness (QED) is 0.829. The number of nitrogens with zero attached hydrogens (tertiary/aromatic N) is 1. The number of carboxylic acid groups (broad SMARTS) is 1. The smallest absolute Gasteiger partial charge is 0.352 e. The Morgan fingerprint density at radius 1 is 1.52 bits per heavy atom. The van der Waals surface area contributed by atoms with Crippen LogP contribution in [-0.2, 0) is 16.6 Å². The summed E-state index contributed by atoms with van der Waals surface area (Å²) in [6.07, 6.45) is 4.72. The molecule has 2 N–H and O–H groups in total. The first kappa shape index (κ1) is 16.4. The van der Waals surface area contributed by atoms with Gasteiger partial charge in [-0.15, -0.1) is 0 Å². The molecule has 1 aromatic rings. The fourth-order valence-electron chi connectivity index (χ4n) is 2.33. The normalized spacial score (nSPS) is 19.6. The van der Waals surface area contributed by atoms with Crippen molar-refractivity contribution in [3.63, 3.8) is 0 Å². The minimum absolute atomic E-state index is 0.00934. The van der Waals surface area contributed by atoms with Crippen molar-refractivity contribution >= 4 is 27.8 Å². The van der Waals surface area contributed by atoms with Crippen LogP contribution in [0.15, 0.2) is 17.2 Å². The number of aromatic nitrogens is 1. The largest absolute Gasteiger partial charge is 0.477 e. The van der Waals surface area contributed by atoms with Crippen LogP contribution in [-0.4, -0.2) is 41.6 Å². The highest BCUT2D eigenvalue weighted by Crippen LogP contribution is 2.25. The molecule has 2 rings (SSSR count). The second kappa shape index (κ2) is 6.85. The van der Waals surface area contributed by atoms with E-state index in [-0.39, 0.29) is 10.6 Å². The van der Waals surface area contributed by atoms with Gasteiger partial charge >= 0.3 is 5.97 Å². The maximum absolute atomic E-state index is 12.3. The van der Waals surface area contributed by atoms with Gasteiger partial charge in [-0.3, -0.25) is 0 Å². The van der Waals surface area contributed by atoms with Crippen molar-refractivity contribution in [3.05, 3.63) is 18.0 Å². The molecule has 1 aliphatic rings. The van der Waals surface area contributed by atoms with Gasteiger partial charge in [0.05, 0.1) is 0 Å². The highest BCUT2D eigenvalue weighted by Gasteiger charge is 2.22. The van der Waals surface area contributed by atoms with E-state index in [1.165, 1.54) is 23.3 Å². The summed E-state index contributed by atoms with van der Waals surface area (Å²) >= 11 is 1.79. The lowest BCUT2D eigenvalue weighted by Crippen LogP contribution is -2.31. The van der Waals surface area contributed by atoms with Gasteiger partial charge in [0.25, 0.3) is 0 Å². The summed E-state index contributed by atoms with van der Waals surface area (Å²) in [4.78, 5) is 11.1. The molecule has 0 amide bonds. The molecule has 0 saturated carbocycles. The van der Waals surface area contributed by atoms with Crippen molar-refractivity contribution in [1.29, 1.82) is 0 Å². The lowest BCUT2D eigenvalue weighted by Gasteiger charge is -2.21. The Balaban J connectivity index is 2.09. The van der Waals surface area contributed by atoms with Gasteiger partial charge in [0.15, 0.2) is 0 Å². The minimum Gasteiger partial charge on any atom is -0.477 e. The molecule has 0 radical (unpaired) electrons. The molecule has 1 saturated heterocycles. The molecule has 6 nitrogen and oxygen atoms in total. The first-order chi connectivity index (χ1) is 9.94. The molecular formula is C13H20N2O4S2. The molecule has 1 unspecified atom stereocenters. The number of rotatable bonds is 6. The van der Waals surface area contributed by atoms with Gasteiger partial charge < -0.3 is 9.67 Å². The number of aryl methyl sites for hydroxylation is 1. The fraction of sp³-hybridized carbons (Fsp3) is 0.615. The van der Waals surface area contributed by atoms with E-state index < -0.39 is 16.0 Å². The Labute approximate surface area is 129 Å². The van der Waals surface area contributed by atoms with Crippen molar-refractivity contribution in [1.82, 2.24) is 9.29 Å². The fourth-order valence-corrected chi connectivity index (χ4v) is 4.79. The van der Waals surface area contributed by atoms with Crippen molar-refractivity contribution in [2.75, 3.05) is 12.3 Å². The van der Waals surface area contributed by atoms with Crippen LogP contribution in [0.25, 0.3) is 0 Å². The summed E-state index contributed by atoms with van der Waals surface area (Å²) in [6.45, 7) is 2.58. The number of hydrogen-bond acceptors (Lipinski definition) is 4. The highest BCUT2D eigenvalue weighted by atomic mass is 32.2. The minimum atomic E-state index is -3.65. The predicted molar refractivity (Wildman–Crippen MR) is 82.4 cm³/mol. The average Bonchev–Trinajstić information content (AvgIpc) is 2.92. The highest BCUT2D eigenvalue weighted by molar-refractivity contribution is 8.00. The van der Waals surface area contributed by atoms with E-state index in [9.17, 15) is 13.2 Å². The van der Waals surface area contributed by atoms with E-state index in [0.29, 0.717) is 18.3 Å². The van der Waals surface area contributed by atoms with Gasteiger partial charge in [-0.05, 0) is 31.6 Å². The van der Waals surface area contributed by atoms with Crippen molar-refractivity contribution in [3.8, 4) is 0 Å². The summed E-state index contributed by atoms with van der Waals surface area (Å²) in [7, 11) is -3.65. The maximum Gasteiger partial charge on any atom is 0.352 e. The zero-order valence-corrected chi connectivity index (χ0v) is 13.5. The van der Waals surface area contributed by atoms with Gasteiger partial charge in [-0.25, -0.2) is 17.9 Å². The standard InChI is InChI=1S/C13H20N2O4S2/c1-2-15-9-11(7-12(15)13(16)17)21(18,19)14-8-10-5-3-4-6-20-10/h7,9-10,14H,2-6,8H2,1H3,(H,16,17). The van der Waals surface area contributed by atoms with E-state index in [2.05, 4.69) is 4.72 Å². The molecule has 1 fully saturated rings. The van der Waals surface area contributed by atoms with Crippen LogP contribution >= 0.6 is 11.8 Å². The first-order valence-electron chi connectivity index (χ1n) is 6.98. The van der Waals surface area contributed by atoms with Gasteiger partial charge in [-0.1, -0.05) is 6.42 Å². The number of carboxylic acids is 1. The predicted octanol–water partition coefficient (Wildman–Crippen LogP) is 1.77. The Bertz CT molecular complexity index is 604. The van der Waals surface area contributed by atoms with Crippen molar-refractivity contribution in [2.24, 2.45) is 0 Å². The van der Waals surface area contributed by atoms with E-state index in [1.807, 2.05) is 0 Å². The number of thioether (sulfide) groups is 1. The van der Waals surface area contributed by atoms with Crippen LogP contribution in [0.5, 0.6) is 0 Å². The Hall–Kier alpha value is -0.990. The molecule has 0 spiro atoms. The number of nitrogens with one attached hydrogen (secondary N) is 1. The molecule has 118 valence electrons. The van der Waals surface area contributed by atoms with E-state index in [1.54, 1.807) is 18.7 Å². The Morgan fingerprint density at radius 2 is 2.29 bits per heavy atom. The zero-order valence-electron chi connectivity index (χ0n) is 11.9. The Kier molecular flexibility index (Phi) is 5.34. The van der Waals surface area contributed by atoms with Gasteiger partial charge in [0, 0.05) is 24.5 Å². The van der Waals surface area contributed by atoms with Gasteiger partial charge in [0.1, 0.15) is 10.6 Å². The summed E-state index contributed by atoms with van der Waals surface area (Å²) in [5.74, 6) is -0.0527. The third kappa shape index (κ3) is 4.02. The molecule has 8 heteroatoms. The van der Waals surface area contributed by atoms with E-state index >= 15 is 0 Å². The maximum atomic E-state index is 12.3. The van der Waals surface area contributed by atoms with Crippen LogP contribution in [0.2, 0.25) is 0 Å². The van der Waals surface area contributed by atoms with Gasteiger partial charge in [0.2, 0.25) is 10.0 Å². The van der Waals surface area contributed by atoms with Gasteiger partial charge in [-0.2, -0.15) is 11.8 Å². The third-order valence-corrected chi connectivity index (χ3v) is 6.31. The lowest BCUT2D eigenvalue weighted by molar-refractivity contribution is 0.0685. The zero-order chi connectivity index (χ0) is 15.5. The number of aromatic carboxylic acids is 1. The number of carbonyl (C=O) groups is 1.